The van der Waals surface area contributed by atoms with Crippen LogP contribution in [0.1, 0.15) is 11.4 Å². The van der Waals surface area contributed by atoms with Crippen LogP contribution in [0, 0.1) is 6.92 Å². The van der Waals surface area contributed by atoms with Gasteiger partial charge in [0.05, 0.1) is 31.6 Å². The Balaban J connectivity index is 1.26. The first-order chi connectivity index (χ1) is 15.1. The molecule has 1 aliphatic rings. The smallest absolute Gasteiger partial charge is 0.227 e. The van der Waals surface area contributed by atoms with Crippen molar-refractivity contribution in [3.05, 3.63) is 72.1 Å². The number of anilines is 1. The van der Waals surface area contributed by atoms with Crippen LogP contribution in [0.25, 0.3) is 5.69 Å². The van der Waals surface area contributed by atoms with E-state index in [0.29, 0.717) is 6.67 Å². The zero-order chi connectivity index (χ0) is 21.6. The molecule has 0 aliphatic carbocycles. The monoisotopic (exact) mass is 419 g/mol. The number of amides is 1. The van der Waals surface area contributed by atoms with Gasteiger partial charge in [-0.05, 0) is 49.4 Å². The van der Waals surface area contributed by atoms with Gasteiger partial charge >= 0.3 is 0 Å². The SMILES string of the molecule is COc1ccc(-n2nc(CC(=O)NCN3CCN(c4ccccc4)CC3)cc2C)cc1. The Morgan fingerprint density at radius 3 is 2.39 bits per heavy atom. The molecule has 1 aliphatic heterocycles. The molecule has 2 aromatic carbocycles. The molecule has 1 amide bonds. The van der Waals surface area contributed by atoms with Gasteiger partial charge in [-0.2, -0.15) is 5.10 Å². The highest BCUT2D eigenvalue weighted by molar-refractivity contribution is 5.78. The van der Waals surface area contributed by atoms with Crippen LogP contribution in [0.15, 0.2) is 60.7 Å². The summed E-state index contributed by atoms with van der Waals surface area (Å²) in [7, 11) is 1.65. The maximum absolute atomic E-state index is 12.5. The van der Waals surface area contributed by atoms with E-state index in [1.807, 2.05) is 48.0 Å². The Hall–Kier alpha value is -3.32. The van der Waals surface area contributed by atoms with Crippen LogP contribution in [-0.4, -0.2) is 60.5 Å². The minimum atomic E-state index is -0.00938. The molecule has 0 spiro atoms. The van der Waals surface area contributed by atoms with Gasteiger partial charge in [-0.1, -0.05) is 18.2 Å². The molecule has 0 bridgehead atoms. The van der Waals surface area contributed by atoms with Crippen LogP contribution in [0.4, 0.5) is 5.69 Å². The van der Waals surface area contributed by atoms with Crippen LogP contribution >= 0.6 is 0 Å². The molecular formula is C24H29N5O2. The molecule has 1 saturated heterocycles. The van der Waals surface area contributed by atoms with Crippen molar-refractivity contribution >= 4 is 11.6 Å². The first kappa shape index (κ1) is 20.9. The number of piperazine rings is 1. The largest absolute Gasteiger partial charge is 0.497 e. The zero-order valence-electron chi connectivity index (χ0n) is 18.1. The van der Waals surface area contributed by atoms with Crippen LogP contribution < -0.4 is 15.0 Å². The number of carbonyl (C=O) groups is 1. The Kier molecular flexibility index (Phi) is 6.52. The van der Waals surface area contributed by atoms with E-state index in [4.69, 9.17) is 4.74 Å². The average Bonchev–Trinajstić information content (AvgIpc) is 3.18. The summed E-state index contributed by atoms with van der Waals surface area (Å²) in [5, 5.41) is 7.65. The van der Waals surface area contributed by atoms with E-state index in [2.05, 4.69) is 44.5 Å². The summed E-state index contributed by atoms with van der Waals surface area (Å²) in [4.78, 5) is 17.1. The van der Waals surface area contributed by atoms with Gasteiger partial charge in [0.1, 0.15) is 5.75 Å². The number of para-hydroxylation sites is 1. The quantitative estimate of drug-likeness (QED) is 0.638. The summed E-state index contributed by atoms with van der Waals surface area (Å²) in [5.41, 5.74) is 3.96. The Morgan fingerprint density at radius 1 is 1.00 bits per heavy atom. The number of rotatable bonds is 7. The van der Waals surface area contributed by atoms with Crippen LogP contribution in [0.5, 0.6) is 5.75 Å². The highest BCUT2D eigenvalue weighted by atomic mass is 16.5. The maximum Gasteiger partial charge on any atom is 0.227 e. The summed E-state index contributed by atoms with van der Waals surface area (Å²) in [6.45, 7) is 6.35. The number of benzene rings is 2. The van der Waals surface area contributed by atoms with Crippen molar-refractivity contribution in [2.24, 2.45) is 0 Å². The van der Waals surface area contributed by atoms with Crippen molar-refractivity contribution in [1.29, 1.82) is 0 Å². The molecule has 2 heterocycles. The second-order valence-electron chi connectivity index (χ2n) is 7.76. The third kappa shape index (κ3) is 5.24. The number of aryl methyl sites for hydroxylation is 1. The first-order valence-corrected chi connectivity index (χ1v) is 10.6. The van der Waals surface area contributed by atoms with Gasteiger partial charge in [-0.3, -0.25) is 9.69 Å². The number of ether oxygens (including phenoxy) is 1. The lowest BCUT2D eigenvalue weighted by Crippen LogP contribution is -2.50. The van der Waals surface area contributed by atoms with Crippen molar-refractivity contribution in [2.45, 2.75) is 13.3 Å². The standard InChI is InChI=1S/C24H29N5O2/c1-19-16-20(26-29(19)22-8-10-23(31-2)11-9-22)17-24(30)25-18-27-12-14-28(15-13-27)21-6-4-3-5-7-21/h3-11,16H,12-15,17-18H2,1-2H3,(H,25,30). The number of hydrogen-bond donors (Lipinski definition) is 1. The Morgan fingerprint density at radius 2 is 1.71 bits per heavy atom. The van der Waals surface area contributed by atoms with Gasteiger partial charge in [0.15, 0.2) is 0 Å². The number of aromatic nitrogens is 2. The number of nitrogens with zero attached hydrogens (tertiary/aromatic N) is 4. The maximum atomic E-state index is 12.5. The van der Waals surface area contributed by atoms with Gasteiger partial charge in [0.2, 0.25) is 5.91 Å². The van der Waals surface area contributed by atoms with Crippen LogP contribution in [0.3, 0.4) is 0 Å². The number of hydrogen-bond acceptors (Lipinski definition) is 5. The molecule has 31 heavy (non-hydrogen) atoms. The van der Waals surface area contributed by atoms with Crippen molar-refractivity contribution in [3.63, 3.8) is 0 Å². The van der Waals surface area contributed by atoms with Crippen molar-refractivity contribution in [3.8, 4) is 11.4 Å². The molecule has 7 heteroatoms. The van der Waals surface area contributed by atoms with Crippen molar-refractivity contribution < 1.29 is 9.53 Å². The van der Waals surface area contributed by atoms with E-state index >= 15 is 0 Å². The van der Waals surface area contributed by atoms with E-state index in [1.54, 1.807) is 7.11 Å². The fourth-order valence-electron chi connectivity index (χ4n) is 3.84. The van der Waals surface area contributed by atoms with E-state index < -0.39 is 0 Å². The topological polar surface area (TPSA) is 62.6 Å². The third-order valence-electron chi connectivity index (χ3n) is 5.59. The second-order valence-corrected chi connectivity index (χ2v) is 7.76. The first-order valence-electron chi connectivity index (χ1n) is 10.6. The predicted molar refractivity (Wildman–Crippen MR) is 122 cm³/mol. The molecule has 0 saturated carbocycles. The fraction of sp³-hybridized carbons (Fsp3) is 0.333. The van der Waals surface area contributed by atoms with Crippen molar-refractivity contribution in [2.75, 3.05) is 44.9 Å². The van der Waals surface area contributed by atoms with Crippen LogP contribution in [0.2, 0.25) is 0 Å². The molecule has 4 rings (SSSR count). The molecule has 1 aromatic heterocycles. The normalized spacial score (nSPS) is 14.5. The highest BCUT2D eigenvalue weighted by Crippen LogP contribution is 2.17. The summed E-state index contributed by atoms with van der Waals surface area (Å²) in [6, 6.07) is 20.1. The van der Waals surface area contributed by atoms with E-state index in [-0.39, 0.29) is 12.3 Å². The highest BCUT2D eigenvalue weighted by Gasteiger charge is 2.18. The molecule has 0 atom stereocenters. The van der Waals surface area contributed by atoms with E-state index in [9.17, 15) is 4.79 Å². The summed E-state index contributed by atoms with van der Waals surface area (Å²) >= 11 is 0. The molecule has 1 N–H and O–H groups in total. The van der Waals surface area contributed by atoms with Gasteiger partial charge in [0, 0.05) is 37.6 Å². The number of methoxy groups -OCH3 is 1. The summed E-state index contributed by atoms with van der Waals surface area (Å²) in [5.74, 6) is 0.794. The van der Waals surface area contributed by atoms with Crippen molar-refractivity contribution in [1.82, 2.24) is 20.0 Å². The lowest BCUT2D eigenvalue weighted by atomic mass is 10.2. The second kappa shape index (κ2) is 9.66. The number of carbonyl (C=O) groups excluding carboxylic acids is 1. The number of nitrogens with one attached hydrogen (secondary N) is 1. The molecule has 0 radical (unpaired) electrons. The van der Waals surface area contributed by atoms with E-state index in [1.165, 1.54) is 5.69 Å². The fourth-order valence-corrected chi connectivity index (χ4v) is 3.84. The molecule has 3 aromatic rings. The van der Waals surface area contributed by atoms with Gasteiger partial charge in [-0.15, -0.1) is 0 Å². The van der Waals surface area contributed by atoms with Crippen LogP contribution in [-0.2, 0) is 11.2 Å². The van der Waals surface area contributed by atoms with Gasteiger partial charge in [-0.25, -0.2) is 4.68 Å². The molecule has 162 valence electrons. The molecular weight excluding hydrogens is 390 g/mol. The minimum Gasteiger partial charge on any atom is -0.497 e. The van der Waals surface area contributed by atoms with E-state index in [0.717, 1.165) is 49.0 Å². The van der Waals surface area contributed by atoms with Gasteiger partial charge < -0.3 is 15.0 Å². The van der Waals surface area contributed by atoms with Gasteiger partial charge in [0.25, 0.3) is 0 Å². The lowest BCUT2D eigenvalue weighted by molar-refractivity contribution is -0.121. The summed E-state index contributed by atoms with van der Waals surface area (Å²) < 4.78 is 7.06. The average molecular weight is 420 g/mol. The zero-order valence-corrected chi connectivity index (χ0v) is 18.1. The lowest BCUT2D eigenvalue weighted by Gasteiger charge is -2.36. The molecule has 7 nitrogen and oxygen atoms in total. The molecule has 1 fully saturated rings. The minimum absolute atomic E-state index is 0.00938. The summed E-state index contributed by atoms with van der Waals surface area (Å²) in [6.07, 6.45) is 0.272. The third-order valence-corrected chi connectivity index (χ3v) is 5.59. The molecule has 0 unspecified atom stereocenters. The Labute approximate surface area is 183 Å². The predicted octanol–water partition coefficient (Wildman–Crippen LogP) is 2.63. The Bertz CT molecular complexity index is 993.